The van der Waals surface area contributed by atoms with Crippen LogP contribution >= 0.6 is 0 Å². The number of hydrogen-bond donors (Lipinski definition) is 1. The fourth-order valence-electron chi connectivity index (χ4n) is 3.51. The highest BCUT2D eigenvalue weighted by Crippen LogP contribution is 2.28. The van der Waals surface area contributed by atoms with Crippen molar-refractivity contribution in [3.63, 3.8) is 0 Å². The predicted molar refractivity (Wildman–Crippen MR) is 94.7 cm³/mol. The average Bonchev–Trinajstić information content (AvgIpc) is 3.09. The number of nitrogens with zero attached hydrogens (tertiary/aromatic N) is 1. The largest absolute Gasteiger partial charge is 0.493 e. The van der Waals surface area contributed by atoms with Crippen LogP contribution in [0.1, 0.15) is 38.7 Å². The van der Waals surface area contributed by atoms with E-state index >= 15 is 0 Å². The minimum Gasteiger partial charge on any atom is -0.493 e. The van der Waals surface area contributed by atoms with Crippen LogP contribution in [0.3, 0.4) is 0 Å². The zero-order valence-corrected chi connectivity index (χ0v) is 14.9. The minimum atomic E-state index is -0.518. The maximum atomic E-state index is 12.8. The number of anilines is 1. The molecule has 1 N–H and O–H groups in total. The molecular weight excluding hydrogens is 320 g/mol. The molecule has 3 rings (SSSR count). The van der Waals surface area contributed by atoms with Gasteiger partial charge in [-0.05, 0) is 56.9 Å². The van der Waals surface area contributed by atoms with Gasteiger partial charge in [0.25, 0.3) is 5.91 Å². The molecule has 1 aromatic carbocycles. The number of amides is 2. The highest BCUT2D eigenvalue weighted by atomic mass is 16.5. The molecule has 0 aliphatic carbocycles. The second-order valence-electron chi connectivity index (χ2n) is 6.55. The third-order valence-electron chi connectivity index (χ3n) is 4.81. The fourth-order valence-corrected chi connectivity index (χ4v) is 3.51. The molecule has 0 unspecified atom stereocenters. The highest BCUT2D eigenvalue weighted by molar-refractivity contribution is 5.98. The molecule has 0 spiro atoms. The van der Waals surface area contributed by atoms with Crippen LogP contribution in [0.2, 0.25) is 0 Å². The number of carbonyl (C=O) groups is 2. The summed E-state index contributed by atoms with van der Waals surface area (Å²) in [4.78, 5) is 27.1. The Morgan fingerprint density at radius 3 is 3.04 bits per heavy atom. The van der Waals surface area contributed by atoms with Crippen molar-refractivity contribution in [3.05, 3.63) is 23.8 Å². The van der Waals surface area contributed by atoms with Crippen molar-refractivity contribution >= 4 is 17.5 Å². The Balaban J connectivity index is 1.69. The van der Waals surface area contributed by atoms with Crippen molar-refractivity contribution in [2.75, 3.05) is 25.1 Å². The van der Waals surface area contributed by atoms with Crippen molar-refractivity contribution < 1.29 is 19.1 Å². The third-order valence-corrected chi connectivity index (χ3v) is 4.81. The van der Waals surface area contributed by atoms with E-state index < -0.39 is 12.1 Å². The summed E-state index contributed by atoms with van der Waals surface area (Å²) in [6, 6.07) is 5.25. The molecule has 0 aromatic heterocycles. The standard InChI is InChI=1S/C19H26N2O4/c1-3-24-13(2)19(23)21-10-5-4-6-16(21)18(22)20-15-7-8-17-14(12-15)9-11-25-17/h7-8,12-13,16H,3-6,9-11H2,1-2H3,(H,20,22)/t13-,16+/m0/s1. The summed E-state index contributed by atoms with van der Waals surface area (Å²) in [6.45, 7) is 5.38. The summed E-state index contributed by atoms with van der Waals surface area (Å²) in [7, 11) is 0. The number of benzene rings is 1. The Labute approximate surface area is 148 Å². The smallest absolute Gasteiger partial charge is 0.252 e. The monoisotopic (exact) mass is 346 g/mol. The van der Waals surface area contributed by atoms with E-state index in [0.29, 0.717) is 26.2 Å². The van der Waals surface area contributed by atoms with Gasteiger partial charge in [-0.25, -0.2) is 0 Å². The molecule has 2 aliphatic rings. The van der Waals surface area contributed by atoms with Crippen molar-refractivity contribution in [1.82, 2.24) is 4.90 Å². The summed E-state index contributed by atoms with van der Waals surface area (Å²) >= 11 is 0. The van der Waals surface area contributed by atoms with E-state index in [2.05, 4.69) is 5.32 Å². The van der Waals surface area contributed by atoms with Crippen LogP contribution in [0.25, 0.3) is 0 Å². The first-order valence-corrected chi connectivity index (χ1v) is 9.09. The van der Waals surface area contributed by atoms with Crippen LogP contribution in [-0.2, 0) is 20.7 Å². The van der Waals surface area contributed by atoms with Gasteiger partial charge in [0.1, 0.15) is 17.9 Å². The normalized spacial score (nSPS) is 20.6. The summed E-state index contributed by atoms with van der Waals surface area (Å²) in [6.07, 6.45) is 2.90. The molecule has 25 heavy (non-hydrogen) atoms. The SMILES string of the molecule is CCO[C@@H](C)C(=O)N1CCCC[C@@H]1C(=O)Nc1ccc2c(c1)CCO2. The molecule has 6 heteroatoms. The second kappa shape index (κ2) is 7.87. The quantitative estimate of drug-likeness (QED) is 0.889. The van der Waals surface area contributed by atoms with Crippen molar-refractivity contribution in [3.8, 4) is 5.75 Å². The first-order valence-electron chi connectivity index (χ1n) is 9.09. The molecule has 1 fully saturated rings. The van der Waals surface area contributed by atoms with E-state index in [0.717, 1.165) is 36.3 Å². The van der Waals surface area contributed by atoms with E-state index in [1.165, 1.54) is 0 Å². The minimum absolute atomic E-state index is 0.107. The lowest BCUT2D eigenvalue weighted by molar-refractivity contribution is -0.149. The maximum absolute atomic E-state index is 12.8. The molecule has 6 nitrogen and oxygen atoms in total. The molecule has 1 saturated heterocycles. The van der Waals surface area contributed by atoms with E-state index in [9.17, 15) is 9.59 Å². The fraction of sp³-hybridized carbons (Fsp3) is 0.579. The lowest BCUT2D eigenvalue weighted by atomic mass is 10.0. The molecule has 1 aromatic rings. The molecule has 2 atom stereocenters. The Hall–Kier alpha value is -2.08. The van der Waals surface area contributed by atoms with Gasteiger partial charge in [0.05, 0.1) is 6.61 Å². The zero-order chi connectivity index (χ0) is 17.8. The number of hydrogen-bond acceptors (Lipinski definition) is 4. The van der Waals surface area contributed by atoms with E-state index in [1.54, 1.807) is 11.8 Å². The summed E-state index contributed by atoms with van der Waals surface area (Å²) < 4.78 is 10.9. The van der Waals surface area contributed by atoms with Gasteiger partial charge in [0, 0.05) is 25.3 Å². The summed E-state index contributed by atoms with van der Waals surface area (Å²) in [5, 5.41) is 2.97. The second-order valence-corrected chi connectivity index (χ2v) is 6.55. The molecular formula is C19H26N2O4. The van der Waals surface area contributed by atoms with Gasteiger partial charge in [0.2, 0.25) is 5.91 Å². The Kier molecular flexibility index (Phi) is 5.58. The van der Waals surface area contributed by atoms with E-state index in [1.807, 2.05) is 25.1 Å². The molecule has 0 radical (unpaired) electrons. The number of carbonyl (C=O) groups excluding carboxylic acids is 2. The van der Waals surface area contributed by atoms with Crippen molar-refractivity contribution in [1.29, 1.82) is 0 Å². The number of piperidine rings is 1. The van der Waals surface area contributed by atoms with Gasteiger partial charge < -0.3 is 19.7 Å². The molecule has 2 aliphatic heterocycles. The van der Waals surface area contributed by atoms with Crippen molar-refractivity contribution in [2.45, 2.75) is 51.7 Å². The Morgan fingerprint density at radius 1 is 1.40 bits per heavy atom. The average molecular weight is 346 g/mol. The topological polar surface area (TPSA) is 67.9 Å². The van der Waals surface area contributed by atoms with Crippen molar-refractivity contribution in [2.24, 2.45) is 0 Å². The lowest BCUT2D eigenvalue weighted by Gasteiger charge is -2.36. The molecule has 136 valence electrons. The molecule has 0 bridgehead atoms. The van der Waals surface area contributed by atoms with Crippen LogP contribution < -0.4 is 10.1 Å². The molecule has 2 heterocycles. The van der Waals surface area contributed by atoms with E-state index in [-0.39, 0.29) is 11.8 Å². The number of rotatable bonds is 5. The van der Waals surface area contributed by atoms with Crippen LogP contribution in [0.5, 0.6) is 5.75 Å². The summed E-state index contributed by atoms with van der Waals surface area (Å²) in [5.41, 5.74) is 1.87. The lowest BCUT2D eigenvalue weighted by Crippen LogP contribution is -2.53. The van der Waals surface area contributed by atoms with Gasteiger partial charge in [-0.3, -0.25) is 9.59 Å². The van der Waals surface area contributed by atoms with Crippen LogP contribution in [0.4, 0.5) is 5.69 Å². The van der Waals surface area contributed by atoms with Gasteiger partial charge in [-0.2, -0.15) is 0 Å². The highest BCUT2D eigenvalue weighted by Gasteiger charge is 2.34. The van der Waals surface area contributed by atoms with Gasteiger partial charge >= 0.3 is 0 Å². The maximum Gasteiger partial charge on any atom is 0.252 e. The summed E-state index contributed by atoms with van der Waals surface area (Å²) in [5.74, 6) is 0.651. The van der Waals surface area contributed by atoms with E-state index in [4.69, 9.17) is 9.47 Å². The first kappa shape index (κ1) is 17.7. The third kappa shape index (κ3) is 3.95. The van der Waals surface area contributed by atoms with Gasteiger partial charge in [-0.15, -0.1) is 0 Å². The first-order chi connectivity index (χ1) is 12.1. The molecule has 0 saturated carbocycles. The van der Waals surface area contributed by atoms with Crippen LogP contribution in [-0.4, -0.2) is 48.6 Å². The Morgan fingerprint density at radius 2 is 2.24 bits per heavy atom. The van der Waals surface area contributed by atoms with Crippen LogP contribution in [0.15, 0.2) is 18.2 Å². The van der Waals surface area contributed by atoms with Gasteiger partial charge in [-0.1, -0.05) is 0 Å². The number of fused-ring (bicyclic) bond motifs is 1. The number of ether oxygens (including phenoxy) is 2. The van der Waals surface area contributed by atoms with Gasteiger partial charge in [0.15, 0.2) is 0 Å². The predicted octanol–water partition coefficient (Wildman–Crippen LogP) is 2.37. The zero-order valence-electron chi connectivity index (χ0n) is 14.9. The number of likely N-dealkylation sites (tertiary alicyclic amines) is 1. The van der Waals surface area contributed by atoms with Crippen LogP contribution in [0, 0.1) is 0 Å². The number of nitrogens with one attached hydrogen (secondary N) is 1. The molecule has 2 amide bonds. The Bertz CT molecular complexity index is 646.